The van der Waals surface area contributed by atoms with Gasteiger partial charge < -0.3 is 0 Å². The van der Waals surface area contributed by atoms with Gasteiger partial charge in [-0.15, -0.1) is 0 Å². The second-order valence-electron chi connectivity index (χ2n) is 4.18. The van der Waals surface area contributed by atoms with Crippen LogP contribution >= 0.6 is 0 Å². The number of nitrogens with one attached hydrogen (secondary N) is 1. The average molecular weight is 267 g/mol. The van der Waals surface area contributed by atoms with E-state index in [0.29, 0.717) is 17.7 Å². The van der Waals surface area contributed by atoms with Crippen molar-refractivity contribution in [3.63, 3.8) is 0 Å². The lowest BCUT2D eigenvalue weighted by molar-refractivity contribution is 0.491. The van der Waals surface area contributed by atoms with Gasteiger partial charge in [0.1, 0.15) is 17.5 Å². The summed E-state index contributed by atoms with van der Waals surface area (Å²) in [5.41, 5.74) is 3.30. The summed E-state index contributed by atoms with van der Waals surface area (Å²) in [6.45, 7) is 1.79. The molecule has 0 saturated heterocycles. The van der Waals surface area contributed by atoms with Gasteiger partial charge in [0.2, 0.25) is 0 Å². The van der Waals surface area contributed by atoms with Crippen LogP contribution in [0.1, 0.15) is 22.7 Å². The Bertz CT molecular complexity index is 578. The smallest absolute Gasteiger partial charge is 0.134 e. The maximum atomic E-state index is 13.7. The number of benzene rings is 1. The van der Waals surface area contributed by atoms with Crippen molar-refractivity contribution < 1.29 is 13.2 Å². The third-order valence-corrected chi connectivity index (χ3v) is 2.73. The molecule has 0 aliphatic heterocycles. The molecule has 0 aliphatic rings. The number of halogens is 3. The molecule has 2 rings (SSSR count). The molecule has 1 aromatic carbocycles. The number of aryl methyl sites for hydroxylation is 1. The molecule has 0 spiro atoms. The topological polar surface area (TPSA) is 50.9 Å². The SMILES string of the molecule is Cc1cncc(C(NN)c2c(F)cc(F)cc2F)c1. The van der Waals surface area contributed by atoms with Crippen molar-refractivity contribution in [3.05, 3.63) is 64.7 Å². The Labute approximate surface area is 108 Å². The highest BCUT2D eigenvalue weighted by molar-refractivity contribution is 5.33. The summed E-state index contributed by atoms with van der Waals surface area (Å²) < 4.78 is 40.4. The fourth-order valence-corrected chi connectivity index (χ4v) is 1.91. The fraction of sp³-hybridized carbons (Fsp3) is 0.154. The zero-order valence-corrected chi connectivity index (χ0v) is 10.1. The minimum Gasteiger partial charge on any atom is -0.271 e. The van der Waals surface area contributed by atoms with E-state index >= 15 is 0 Å². The van der Waals surface area contributed by atoms with Crippen molar-refractivity contribution >= 4 is 0 Å². The van der Waals surface area contributed by atoms with Gasteiger partial charge in [-0.2, -0.15) is 0 Å². The number of hydrazine groups is 1. The van der Waals surface area contributed by atoms with Gasteiger partial charge in [-0.25, -0.2) is 18.6 Å². The highest BCUT2D eigenvalue weighted by Crippen LogP contribution is 2.27. The summed E-state index contributed by atoms with van der Waals surface area (Å²) >= 11 is 0. The van der Waals surface area contributed by atoms with Gasteiger partial charge in [0.05, 0.1) is 6.04 Å². The van der Waals surface area contributed by atoms with E-state index in [1.54, 1.807) is 19.2 Å². The summed E-state index contributed by atoms with van der Waals surface area (Å²) in [5, 5.41) is 0. The molecule has 1 unspecified atom stereocenters. The van der Waals surface area contributed by atoms with Crippen molar-refractivity contribution in [2.24, 2.45) is 5.84 Å². The summed E-state index contributed by atoms with van der Waals surface area (Å²) in [5.74, 6) is 2.39. The van der Waals surface area contributed by atoms with Crippen LogP contribution in [0, 0.1) is 24.4 Å². The summed E-state index contributed by atoms with van der Waals surface area (Å²) in [4.78, 5) is 3.94. The number of hydrogen-bond acceptors (Lipinski definition) is 3. The molecular weight excluding hydrogens is 255 g/mol. The van der Waals surface area contributed by atoms with Gasteiger partial charge in [0, 0.05) is 30.1 Å². The number of nitrogens with zero attached hydrogens (tertiary/aromatic N) is 1. The largest absolute Gasteiger partial charge is 0.271 e. The van der Waals surface area contributed by atoms with Crippen LogP contribution in [0.3, 0.4) is 0 Å². The average Bonchev–Trinajstić information content (AvgIpc) is 2.33. The van der Waals surface area contributed by atoms with Crippen LogP contribution in [-0.4, -0.2) is 4.98 Å². The zero-order valence-electron chi connectivity index (χ0n) is 10.1. The summed E-state index contributed by atoms with van der Waals surface area (Å²) in [6, 6.07) is 1.99. The minimum absolute atomic E-state index is 0.337. The van der Waals surface area contributed by atoms with Crippen molar-refractivity contribution in [1.82, 2.24) is 10.4 Å². The van der Waals surface area contributed by atoms with Crippen LogP contribution in [0.15, 0.2) is 30.6 Å². The Kier molecular flexibility index (Phi) is 3.82. The second kappa shape index (κ2) is 5.38. The van der Waals surface area contributed by atoms with E-state index in [9.17, 15) is 13.2 Å². The van der Waals surface area contributed by atoms with Crippen molar-refractivity contribution in [2.45, 2.75) is 13.0 Å². The Morgan fingerprint density at radius 3 is 2.26 bits per heavy atom. The van der Waals surface area contributed by atoms with Gasteiger partial charge >= 0.3 is 0 Å². The van der Waals surface area contributed by atoms with Crippen LogP contribution in [0.25, 0.3) is 0 Å². The first-order valence-electron chi connectivity index (χ1n) is 5.55. The zero-order chi connectivity index (χ0) is 14.0. The summed E-state index contributed by atoms with van der Waals surface area (Å²) in [6.07, 6.45) is 3.05. The molecule has 0 radical (unpaired) electrons. The molecule has 6 heteroatoms. The molecule has 0 fully saturated rings. The standard InChI is InChI=1S/C13H12F3N3/c1-7-2-8(6-18-5-7)13(19-17)12-10(15)3-9(14)4-11(12)16/h2-6,13,19H,17H2,1H3. The Morgan fingerprint density at radius 1 is 1.11 bits per heavy atom. The predicted molar refractivity (Wildman–Crippen MR) is 64.5 cm³/mol. The highest BCUT2D eigenvalue weighted by atomic mass is 19.1. The molecule has 1 aromatic heterocycles. The molecule has 0 amide bonds. The quantitative estimate of drug-likeness (QED) is 0.663. The molecule has 0 saturated carbocycles. The monoisotopic (exact) mass is 267 g/mol. The van der Waals surface area contributed by atoms with Crippen molar-refractivity contribution in [1.29, 1.82) is 0 Å². The van der Waals surface area contributed by atoms with Gasteiger partial charge in [-0.1, -0.05) is 6.07 Å². The number of hydrogen-bond donors (Lipinski definition) is 2. The molecule has 19 heavy (non-hydrogen) atoms. The molecule has 1 heterocycles. The molecule has 0 bridgehead atoms. The van der Waals surface area contributed by atoms with Crippen LogP contribution in [0.2, 0.25) is 0 Å². The Balaban J connectivity index is 2.54. The van der Waals surface area contributed by atoms with E-state index in [-0.39, 0.29) is 5.56 Å². The van der Waals surface area contributed by atoms with Gasteiger partial charge in [0.15, 0.2) is 0 Å². The third kappa shape index (κ3) is 2.74. The van der Waals surface area contributed by atoms with Gasteiger partial charge in [-0.05, 0) is 18.1 Å². The first-order chi connectivity index (χ1) is 9.02. The molecule has 1 atom stereocenters. The first kappa shape index (κ1) is 13.5. The summed E-state index contributed by atoms with van der Waals surface area (Å²) in [7, 11) is 0. The van der Waals surface area contributed by atoms with E-state index in [1.165, 1.54) is 6.20 Å². The molecular formula is C13H12F3N3. The normalized spacial score (nSPS) is 12.5. The maximum absolute atomic E-state index is 13.7. The van der Waals surface area contributed by atoms with E-state index in [0.717, 1.165) is 5.56 Å². The lowest BCUT2D eigenvalue weighted by Gasteiger charge is -2.18. The second-order valence-corrected chi connectivity index (χ2v) is 4.18. The molecule has 100 valence electrons. The minimum atomic E-state index is -0.998. The lowest BCUT2D eigenvalue weighted by Crippen LogP contribution is -2.30. The molecule has 0 aliphatic carbocycles. The Morgan fingerprint density at radius 2 is 1.74 bits per heavy atom. The molecule has 3 N–H and O–H groups in total. The first-order valence-corrected chi connectivity index (χ1v) is 5.55. The van der Waals surface area contributed by atoms with Crippen LogP contribution in [0.5, 0.6) is 0 Å². The number of pyridine rings is 1. The third-order valence-electron chi connectivity index (χ3n) is 2.73. The van der Waals surface area contributed by atoms with Crippen molar-refractivity contribution in [2.75, 3.05) is 0 Å². The predicted octanol–water partition coefficient (Wildman–Crippen LogP) is 2.36. The van der Waals surface area contributed by atoms with E-state index in [4.69, 9.17) is 5.84 Å². The van der Waals surface area contributed by atoms with E-state index in [1.807, 2.05) is 0 Å². The van der Waals surface area contributed by atoms with Crippen molar-refractivity contribution in [3.8, 4) is 0 Å². The number of nitrogens with two attached hydrogens (primary N) is 1. The maximum Gasteiger partial charge on any atom is 0.134 e. The highest BCUT2D eigenvalue weighted by Gasteiger charge is 2.22. The van der Waals surface area contributed by atoms with E-state index in [2.05, 4.69) is 10.4 Å². The van der Waals surface area contributed by atoms with Crippen LogP contribution in [-0.2, 0) is 0 Å². The van der Waals surface area contributed by atoms with Crippen LogP contribution < -0.4 is 11.3 Å². The molecule has 3 nitrogen and oxygen atoms in total. The fourth-order valence-electron chi connectivity index (χ4n) is 1.91. The van der Waals surface area contributed by atoms with Crippen LogP contribution in [0.4, 0.5) is 13.2 Å². The van der Waals surface area contributed by atoms with Gasteiger partial charge in [0.25, 0.3) is 0 Å². The molecule has 2 aromatic rings. The number of aromatic nitrogens is 1. The van der Waals surface area contributed by atoms with Gasteiger partial charge in [-0.3, -0.25) is 10.8 Å². The van der Waals surface area contributed by atoms with E-state index < -0.39 is 23.5 Å². The Hall–Kier alpha value is -1.92. The lowest BCUT2D eigenvalue weighted by atomic mass is 9.98. The number of rotatable bonds is 3.